The fourth-order valence-electron chi connectivity index (χ4n) is 3.74. The van der Waals surface area contributed by atoms with Crippen LogP contribution in [0.5, 0.6) is 0 Å². The van der Waals surface area contributed by atoms with Crippen LogP contribution in [0.3, 0.4) is 0 Å². The van der Waals surface area contributed by atoms with Crippen molar-refractivity contribution in [2.75, 3.05) is 13.1 Å². The molecule has 0 saturated heterocycles. The maximum Gasteiger partial charge on any atom is 0.282 e. The number of carbonyl (C=O) groups excluding carboxylic acids is 1. The molecule has 0 bridgehead atoms. The van der Waals surface area contributed by atoms with Gasteiger partial charge in [-0.15, -0.1) is 0 Å². The summed E-state index contributed by atoms with van der Waals surface area (Å²) in [5.41, 5.74) is 8.13. The van der Waals surface area contributed by atoms with E-state index in [4.69, 9.17) is 52.1 Å². The number of halogens is 4. The molecule has 0 atom stereocenters. The van der Waals surface area contributed by atoms with Gasteiger partial charge in [0.2, 0.25) is 5.91 Å². The molecule has 0 fully saturated rings. The van der Waals surface area contributed by atoms with Gasteiger partial charge < -0.3 is 11.1 Å². The van der Waals surface area contributed by atoms with Crippen molar-refractivity contribution >= 4 is 75.5 Å². The Hall–Kier alpha value is -1.76. The number of amides is 1. The Labute approximate surface area is 214 Å². The zero-order valence-electron chi connectivity index (χ0n) is 18.4. The van der Waals surface area contributed by atoms with Crippen LogP contribution in [-0.2, 0) is 18.4 Å². The van der Waals surface area contributed by atoms with E-state index in [1.165, 1.54) is 0 Å². The number of nitrogens with one attached hydrogen (secondary N) is 1. The normalized spacial score (nSPS) is 11.6. The molecule has 3 aromatic rings. The molecule has 0 aliphatic rings. The summed E-state index contributed by atoms with van der Waals surface area (Å²) < 4.78 is 4.27. The number of nitrogens with two attached hydrogens (primary N) is 1. The molecule has 1 heterocycles. The van der Waals surface area contributed by atoms with Crippen LogP contribution in [0.25, 0.3) is 23.2 Å². The number of aromatic nitrogens is 2. The topological polar surface area (TPSA) is 63.9 Å². The molecule has 0 aliphatic heterocycles. The highest BCUT2D eigenvalue weighted by molar-refractivity contribution is 6.42. The lowest BCUT2D eigenvalue weighted by Crippen LogP contribution is -2.31. The number of carbonyl (C=O) groups is 1. The van der Waals surface area contributed by atoms with Gasteiger partial charge in [-0.1, -0.05) is 52.5 Å². The zero-order chi connectivity index (χ0) is 24.0. The number of aryl methyl sites for hydroxylation is 2. The van der Waals surface area contributed by atoms with Crippen LogP contribution in [0.15, 0.2) is 30.3 Å². The van der Waals surface area contributed by atoms with Crippen molar-refractivity contribution in [3.63, 3.8) is 0 Å². The first-order valence-corrected chi connectivity index (χ1v) is 12.3. The minimum absolute atomic E-state index is 0.0416. The maximum atomic E-state index is 11.8. The first kappa shape index (κ1) is 25.9. The van der Waals surface area contributed by atoms with Gasteiger partial charge in [0, 0.05) is 53.3 Å². The Kier molecular flexibility index (Phi) is 9.47. The zero-order valence-corrected chi connectivity index (χ0v) is 21.4. The largest absolute Gasteiger partial charge is 0.355 e. The summed E-state index contributed by atoms with van der Waals surface area (Å²) in [4.78, 5) is 11.8. The molecule has 1 aromatic heterocycles. The first-order valence-electron chi connectivity index (χ1n) is 10.8. The SMILES string of the molecule is C[n+]1c(/C=C/c2c(Cl)cccc2Cl)n(CCCCCC(=O)NCCN)c2cc(Cl)c(Cl)cc21. The third-order valence-electron chi connectivity index (χ3n) is 5.44. The van der Waals surface area contributed by atoms with Gasteiger partial charge in [-0.3, -0.25) is 4.79 Å². The van der Waals surface area contributed by atoms with Crippen LogP contribution in [0.2, 0.25) is 20.1 Å². The van der Waals surface area contributed by atoms with E-state index in [1.54, 1.807) is 0 Å². The molecule has 9 heteroatoms. The Morgan fingerprint density at radius 1 is 1.03 bits per heavy atom. The van der Waals surface area contributed by atoms with E-state index in [2.05, 4.69) is 14.5 Å². The summed E-state index contributed by atoms with van der Waals surface area (Å²) >= 11 is 25.3. The number of unbranched alkanes of at least 4 members (excludes halogenated alkanes) is 2. The van der Waals surface area contributed by atoms with Crippen LogP contribution < -0.4 is 15.6 Å². The van der Waals surface area contributed by atoms with Crippen molar-refractivity contribution in [3.05, 3.63) is 61.8 Å². The first-order chi connectivity index (χ1) is 15.8. The summed E-state index contributed by atoms with van der Waals surface area (Å²) in [5, 5.41) is 4.98. The molecule has 3 N–H and O–H groups in total. The molecule has 0 saturated carbocycles. The third kappa shape index (κ3) is 6.43. The standard InChI is InChI=1S/C24H26Cl4N4O/c1-31-21-14-19(27)20(28)15-22(21)32(13-4-2-3-8-23(33)30-12-11-29)24(31)10-9-16-17(25)6-5-7-18(16)26/h5-7,9-10,14-15H,2-4,8,11-13,29H2,1H3/p+1/b10-9+. The molecule has 0 aliphatic carbocycles. The summed E-state index contributed by atoms with van der Waals surface area (Å²) in [6.45, 7) is 1.72. The van der Waals surface area contributed by atoms with Gasteiger partial charge in [0.25, 0.3) is 5.82 Å². The molecule has 33 heavy (non-hydrogen) atoms. The Morgan fingerprint density at radius 2 is 1.73 bits per heavy atom. The van der Waals surface area contributed by atoms with E-state index < -0.39 is 0 Å². The number of benzene rings is 2. The van der Waals surface area contributed by atoms with E-state index in [0.717, 1.165) is 48.2 Å². The molecule has 0 radical (unpaired) electrons. The molecule has 2 aromatic carbocycles. The van der Waals surface area contributed by atoms with E-state index in [0.29, 0.717) is 39.6 Å². The molecular weight excluding hydrogens is 502 g/mol. The number of fused-ring (bicyclic) bond motifs is 1. The summed E-state index contributed by atoms with van der Waals surface area (Å²) in [6, 6.07) is 9.20. The lowest BCUT2D eigenvalue weighted by atomic mass is 10.2. The smallest absolute Gasteiger partial charge is 0.282 e. The average molecular weight is 529 g/mol. The van der Waals surface area contributed by atoms with E-state index in [9.17, 15) is 4.79 Å². The highest BCUT2D eigenvalue weighted by Crippen LogP contribution is 2.30. The average Bonchev–Trinajstić information content (AvgIpc) is 3.02. The van der Waals surface area contributed by atoms with Crippen molar-refractivity contribution < 1.29 is 9.36 Å². The van der Waals surface area contributed by atoms with Gasteiger partial charge >= 0.3 is 0 Å². The van der Waals surface area contributed by atoms with Crippen molar-refractivity contribution in [1.29, 1.82) is 0 Å². The Bertz CT molecular complexity index is 1150. The monoisotopic (exact) mass is 527 g/mol. The van der Waals surface area contributed by atoms with E-state index >= 15 is 0 Å². The van der Waals surface area contributed by atoms with Gasteiger partial charge in [0.1, 0.15) is 0 Å². The number of rotatable bonds is 10. The maximum absolute atomic E-state index is 11.8. The Morgan fingerprint density at radius 3 is 2.42 bits per heavy atom. The molecule has 5 nitrogen and oxygen atoms in total. The van der Waals surface area contributed by atoms with Crippen LogP contribution in [0.4, 0.5) is 0 Å². The van der Waals surface area contributed by atoms with Crippen LogP contribution >= 0.6 is 46.4 Å². The van der Waals surface area contributed by atoms with Crippen molar-refractivity contribution in [3.8, 4) is 0 Å². The van der Waals surface area contributed by atoms with Crippen LogP contribution in [0.1, 0.15) is 37.1 Å². The lowest BCUT2D eigenvalue weighted by Gasteiger charge is -2.04. The second-order valence-corrected chi connectivity index (χ2v) is 9.37. The number of imidazole rings is 1. The van der Waals surface area contributed by atoms with E-state index in [-0.39, 0.29) is 5.91 Å². The van der Waals surface area contributed by atoms with Gasteiger partial charge in [-0.2, -0.15) is 0 Å². The fourth-order valence-corrected chi connectivity index (χ4v) is 4.57. The molecule has 0 unspecified atom stereocenters. The summed E-state index contributed by atoms with van der Waals surface area (Å²) in [7, 11) is 1.98. The summed E-state index contributed by atoms with van der Waals surface area (Å²) in [6.07, 6.45) is 7.05. The molecule has 1 amide bonds. The molecule has 3 rings (SSSR count). The summed E-state index contributed by atoms with van der Waals surface area (Å²) in [5.74, 6) is 1.000. The number of nitrogens with zero attached hydrogens (tertiary/aromatic N) is 2. The van der Waals surface area contributed by atoms with Crippen molar-refractivity contribution in [2.24, 2.45) is 12.8 Å². The number of hydrogen-bond donors (Lipinski definition) is 2. The lowest BCUT2D eigenvalue weighted by molar-refractivity contribution is -0.647. The van der Waals surface area contributed by atoms with Crippen LogP contribution in [-0.4, -0.2) is 23.6 Å². The second-order valence-electron chi connectivity index (χ2n) is 7.74. The Balaban J connectivity index is 1.85. The van der Waals surface area contributed by atoms with E-state index in [1.807, 2.05) is 49.5 Å². The van der Waals surface area contributed by atoms with Gasteiger partial charge in [0.15, 0.2) is 11.0 Å². The van der Waals surface area contributed by atoms with Crippen molar-refractivity contribution in [1.82, 2.24) is 9.88 Å². The highest BCUT2D eigenvalue weighted by Gasteiger charge is 2.22. The minimum atomic E-state index is 0.0416. The fraction of sp³-hybridized carbons (Fsp3) is 0.333. The molecule has 0 spiro atoms. The third-order valence-corrected chi connectivity index (χ3v) is 6.82. The predicted octanol–water partition coefficient (Wildman–Crippen LogP) is 5.89. The predicted molar refractivity (Wildman–Crippen MR) is 139 cm³/mol. The second kappa shape index (κ2) is 12.1. The molecule has 176 valence electrons. The number of hydrogen-bond acceptors (Lipinski definition) is 2. The van der Waals surface area contributed by atoms with Crippen molar-refractivity contribution in [2.45, 2.75) is 32.2 Å². The quantitative estimate of drug-likeness (QED) is 0.254. The molecular formula is C24H27Cl4N4O+. The van der Waals surface area contributed by atoms with Crippen LogP contribution in [0, 0.1) is 0 Å². The van der Waals surface area contributed by atoms with Gasteiger partial charge in [-0.05, 0) is 37.5 Å². The van der Waals surface area contributed by atoms with Gasteiger partial charge in [0.05, 0.1) is 23.6 Å². The highest BCUT2D eigenvalue weighted by atomic mass is 35.5. The van der Waals surface area contributed by atoms with Gasteiger partial charge in [-0.25, -0.2) is 9.13 Å². The minimum Gasteiger partial charge on any atom is -0.355 e.